The number of para-hydroxylation sites is 1. The van der Waals surface area contributed by atoms with Gasteiger partial charge in [0.2, 0.25) is 0 Å². The Bertz CT molecular complexity index is 574. The number of hydrogen-bond acceptors (Lipinski definition) is 3. The molecule has 1 aromatic carbocycles. The molecule has 2 nitrogen and oxygen atoms in total. The highest BCUT2D eigenvalue weighted by molar-refractivity contribution is 7.09. The first-order valence-electron chi connectivity index (χ1n) is 7.22. The van der Waals surface area contributed by atoms with Crippen molar-refractivity contribution in [1.82, 2.24) is 4.98 Å². The summed E-state index contributed by atoms with van der Waals surface area (Å²) in [5.74, 6) is 1.48. The number of thiazole rings is 1. The minimum atomic E-state index is 0.0984. The zero-order chi connectivity index (χ0) is 15.3. The van der Waals surface area contributed by atoms with Crippen LogP contribution in [0.3, 0.4) is 0 Å². The number of aromatic nitrogens is 1. The van der Waals surface area contributed by atoms with Gasteiger partial charge in [0.25, 0.3) is 0 Å². The highest BCUT2D eigenvalue weighted by Crippen LogP contribution is 2.31. The van der Waals surface area contributed by atoms with Crippen LogP contribution in [0.15, 0.2) is 29.6 Å². The second-order valence-electron chi connectivity index (χ2n) is 6.06. The van der Waals surface area contributed by atoms with E-state index in [1.165, 1.54) is 5.56 Å². The van der Waals surface area contributed by atoms with E-state index in [0.717, 1.165) is 29.3 Å². The van der Waals surface area contributed by atoms with Crippen molar-refractivity contribution in [3.05, 3.63) is 45.9 Å². The summed E-state index contributed by atoms with van der Waals surface area (Å²) in [5.41, 5.74) is 2.32. The van der Waals surface area contributed by atoms with Crippen molar-refractivity contribution in [3.63, 3.8) is 0 Å². The van der Waals surface area contributed by atoms with Gasteiger partial charge in [-0.1, -0.05) is 39.0 Å². The van der Waals surface area contributed by atoms with Crippen LogP contribution in [0.2, 0.25) is 0 Å². The SMILES string of the molecule is CC(C)(C)c1ccccc1OCCCc1nc(CCl)cs1. The Morgan fingerprint density at radius 1 is 1.24 bits per heavy atom. The van der Waals surface area contributed by atoms with E-state index < -0.39 is 0 Å². The number of aryl methyl sites for hydroxylation is 1. The van der Waals surface area contributed by atoms with Crippen molar-refractivity contribution < 1.29 is 4.74 Å². The number of nitrogens with zero attached hydrogens (tertiary/aromatic N) is 1. The predicted molar refractivity (Wildman–Crippen MR) is 90.6 cm³/mol. The molecule has 0 aliphatic carbocycles. The predicted octanol–water partition coefficient (Wildman–Crippen LogP) is 5.19. The molecule has 0 bridgehead atoms. The highest BCUT2D eigenvalue weighted by atomic mass is 35.5. The molecule has 0 aliphatic rings. The fourth-order valence-electron chi connectivity index (χ4n) is 2.14. The first-order chi connectivity index (χ1) is 10.0. The van der Waals surface area contributed by atoms with Gasteiger partial charge in [0.1, 0.15) is 5.75 Å². The molecule has 0 fully saturated rings. The van der Waals surface area contributed by atoms with Gasteiger partial charge in [-0.25, -0.2) is 4.98 Å². The van der Waals surface area contributed by atoms with Crippen molar-refractivity contribution in [2.24, 2.45) is 0 Å². The quantitative estimate of drug-likeness (QED) is 0.539. The standard InChI is InChI=1S/C17H22ClNOS/c1-17(2,3)14-7-4-5-8-15(14)20-10-6-9-16-19-13(11-18)12-21-16/h4-5,7-8,12H,6,9-11H2,1-3H3. The van der Waals surface area contributed by atoms with Crippen LogP contribution >= 0.6 is 22.9 Å². The molecule has 4 heteroatoms. The molecule has 0 saturated carbocycles. The van der Waals surface area contributed by atoms with Gasteiger partial charge in [-0.2, -0.15) is 0 Å². The fraction of sp³-hybridized carbons (Fsp3) is 0.471. The van der Waals surface area contributed by atoms with Crippen molar-refractivity contribution in [2.45, 2.75) is 44.9 Å². The molecule has 2 aromatic rings. The number of benzene rings is 1. The van der Waals surface area contributed by atoms with Crippen LogP contribution in [0.25, 0.3) is 0 Å². The molecular formula is C17H22ClNOS. The van der Waals surface area contributed by atoms with Gasteiger partial charge in [-0.15, -0.1) is 22.9 Å². The summed E-state index contributed by atoms with van der Waals surface area (Å²) in [7, 11) is 0. The van der Waals surface area contributed by atoms with Gasteiger partial charge in [0.05, 0.1) is 23.2 Å². The lowest BCUT2D eigenvalue weighted by atomic mass is 9.86. The lowest BCUT2D eigenvalue weighted by molar-refractivity contribution is 0.302. The number of hydrogen-bond donors (Lipinski definition) is 0. The third kappa shape index (κ3) is 4.72. The second kappa shape index (κ2) is 7.28. The molecule has 1 aromatic heterocycles. The Morgan fingerprint density at radius 2 is 2.00 bits per heavy atom. The molecule has 0 aliphatic heterocycles. The van der Waals surface area contributed by atoms with Crippen LogP contribution in [-0.2, 0) is 17.7 Å². The van der Waals surface area contributed by atoms with Crippen molar-refractivity contribution >= 4 is 22.9 Å². The zero-order valence-corrected chi connectivity index (χ0v) is 14.4. The zero-order valence-electron chi connectivity index (χ0n) is 12.9. The fourth-order valence-corrected chi connectivity index (χ4v) is 3.21. The van der Waals surface area contributed by atoms with Gasteiger partial charge in [-0.05, 0) is 23.5 Å². The van der Waals surface area contributed by atoms with Crippen molar-refractivity contribution in [1.29, 1.82) is 0 Å². The lowest BCUT2D eigenvalue weighted by Crippen LogP contribution is -2.13. The van der Waals surface area contributed by atoms with Crippen LogP contribution in [-0.4, -0.2) is 11.6 Å². The number of rotatable bonds is 6. The number of alkyl halides is 1. The van der Waals surface area contributed by atoms with E-state index in [-0.39, 0.29) is 5.41 Å². The van der Waals surface area contributed by atoms with Crippen LogP contribution in [0.5, 0.6) is 5.75 Å². The molecule has 21 heavy (non-hydrogen) atoms. The second-order valence-corrected chi connectivity index (χ2v) is 7.27. The summed E-state index contributed by atoms with van der Waals surface area (Å²) in [6.07, 6.45) is 1.91. The maximum atomic E-state index is 5.97. The maximum absolute atomic E-state index is 5.97. The van der Waals surface area contributed by atoms with Crippen LogP contribution < -0.4 is 4.74 Å². The third-order valence-corrected chi connectivity index (χ3v) is 4.46. The molecular weight excluding hydrogens is 302 g/mol. The summed E-state index contributed by atoms with van der Waals surface area (Å²) >= 11 is 7.44. The van der Waals surface area contributed by atoms with Gasteiger partial charge < -0.3 is 4.74 Å². The van der Waals surface area contributed by atoms with E-state index in [9.17, 15) is 0 Å². The molecule has 114 valence electrons. The molecule has 0 saturated heterocycles. The average Bonchev–Trinajstić information content (AvgIpc) is 2.91. The number of halogens is 1. The summed E-state index contributed by atoms with van der Waals surface area (Å²) in [6.45, 7) is 7.33. The Labute approximate surface area is 136 Å². The van der Waals surface area contributed by atoms with E-state index in [0.29, 0.717) is 12.5 Å². The van der Waals surface area contributed by atoms with Crippen LogP contribution in [0, 0.1) is 0 Å². The smallest absolute Gasteiger partial charge is 0.123 e. The molecule has 0 spiro atoms. The monoisotopic (exact) mass is 323 g/mol. The third-order valence-electron chi connectivity index (χ3n) is 3.22. The maximum Gasteiger partial charge on any atom is 0.123 e. The Hall–Kier alpha value is -1.06. The molecule has 2 rings (SSSR count). The minimum absolute atomic E-state index is 0.0984. The van der Waals surface area contributed by atoms with Gasteiger partial charge in [0.15, 0.2) is 0 Å². The Balaban J connectivity index is 1.86. The topological polar surface area (TPSA) is 22.1 Å². The van der Waals surface area contributed by atoms with E-state index in [2.05, 4.69) is 44.0 Å². The highest BCUT2D eigenvalue weighted by Gasteiger charge is 2.18. The molecule has 0 atom stereocenters. The van der Waals surface area contributed by atoms with Gasteiger partial charge in [0, 0.05) is 11.8 Å². The molecule has 0 N–H and O–H groups in total. The Morgan fingerprint density at radius 3 is 2.67 bits per heavy atom. The largest absolute Gasteiger partial charge is 0.493 e. The average molecular weight is 324 g/mol. The van der Waals surface area contributed by atoms with E-state index in [1.54, 1.807) is 11.3 Å². The molecule has 0 amide bonds. The summed E-state index contributed by atoms with van der Waals surface area (Å²) in [4.78, 5) is 4.46. The van der Waals surface area contributed by atoms with Gasteiger partial charge >= 0.3 is 0 Å². The van der Waals surface area contributed by atoms with Crippen molar-refractivity contribution in [3.8, 4) is 5.75 Å². The van der Waals surface area contributed by atoms with Crippen molar-refractivity contribution in [2.75, 3.05) is 6.61 Å². The summed E-state index contributed by atoms with van der Waals surface area (Å²) in [6, 6.07) is 8.29. The minimum Gasteiger partial charge on any atom is -0.493 e. The molecule has 0 unspecified atom stereocenters. The molecule has 1 heterocycles. The number of ether oxygens (including phenoxy) is 1. The van der Waals surface area contributed by atoms with E-state index in [1.807, 2.05) is 11.4 Å². The van der Waals surface area contributed by atoms with E-state index in [4.69, 9.17) is 16.3 Å². The van der Waals surface area contributed by atoms with E-state index >= 15 is 0 Å². The first kappa shape index (κ1) is 16.3. The summed E-state index contributed by atoms with van der Waals surface area (Å²) in [5, 5.41) is 3.16. The normalized spacial score (nSPS) is 11.6. The summed E-state index contributed by atoms with van der Waals surface area (Å²) < 4.78 is 5.97. The molecule has 0 radical (unpaired) electrons. The lowest BCUT2D eigenvalue weighted by Gasteiger charge is -2.22. The van der Waals surface area contributed by atoms with Crippen LogP contribution in [0.4, 0.5) is 0 Å². The van der Waals surface area contributed by atoms with Gasteiger partial charge in [-0.3, -0.25) is 0 Å². The van der Waals surface area contributed by atoms with Crippen LogP contribution in [0.1, 0.15) is 43.5 Å². The Kier molecular flexibility index (Phi) is 5.65. The first-order valence-corrected chi connectivity index (χ1v) is 8.63.